The number of hydrogen-bond acceptors (Lipinski definition) is 0. The van der Waals surface area contributed by atoms with Crippen molar-refractivity contribution in [2.45, 2.75) is 51.4 Å². The van der Waals surface area contributed by atoms with Crippen LogP contribution >= 0.6 is 0 Å². The Balaban J connectivity index is 0.000000640. The lowest BCUT2D eigenvalue weighted by molar-refractivity contribution is 0.504. The quantitative estimate of drug-likeness (QED) is 0.454. The normalized spacial score (nSPS) is 21.3. The maximum Gasteiger partial charge on any atom is -0.0149 e. The largest absolute Gasteiger partial charge is 0.0533 e. The van der Waals surface area contributed by atoms with Gasteiger partial charge in [0.15, 0.2) is 0 Å². The maximum atomic E-state index is 1.50. The van der Waals surface area contributed by atoms with Crippen LogP contribution in [0.2, 0.25) is 0 Å². The fraction of sp³-hybridized carbons (Fsp3) is 1.00. The van der Waals surface area contributed by atoms with Crippen LogP contribution in [0.4, 0.5) is 0 Å². The summed E-state index contributed by atoms with van der Waals surface area (Å²) in [4.78, 5) is 0. The van der Waals surface area contributed by atoms with Gasteiger partial charge in [0.2, 0.25) is 0 Å². The second-order valence-electron chi connectivity index (χ2n) is 2.83. The Morgan fingerprint density at radius 3 is 0.556 bits per heavy atom. The molecule has 0 amide bonds. The Hall–Kier alpha value is 0.217. The van der Waals surface area contributed by atoms with Crippen LogP contribution in [0.25, 0.3) is 0 Å². The van der Waals surface area contributed by atoms with Crippen LogP contribution in [0.15, 0.2) is 0 Å². The van der Waals surface area contributed by atoms with E-state index in [-0.39, 0.29) is 11.0 Å². The summed E-state index contributed by atoms with van der Waals surface area (Å²) in [7, 11) is 0. The van der Waals surface area contributed by atoms with Gasteiger partial charge in [0.25, 0.3) is 0 Å². The topological polar surface area (TPSA) is 0 Å². The van der Waals surface area contributed by atoms with Crippen LogP contribution in [-0.2, 0) is 0 Å². The zero-order chi connectivity index (χ0) is 5.66. The second kappa shape index (κ2) is 6.34. The third-order valence-electron chi connectivity index (χ3n) is 2.00. The predicted molar refractivity (Wildman–Crippen MR) is 48.3 cm³/mol. The minimum absolute atomic E-state index is 0. The summed E-state index contributed by atoms with van der Waals surface area (Å²) < 4.78 is 0. The van der Waals surface area contributed by atoms with Gasteiger partial charge in [-0.1, -0.05) is 51.4 Å². The van der Waals surface area contributed by atoms with Crippen molar-refractivity contribution in [2.75, 3.05) is 0 Å². The maximum absolute atomic E-state index is 1.50. The van der Waals surface area contributed by atoms with Gasteiger partial charge < -0.3 is 0 Å². The van der Waals surface area contributed by atoms with Crippen molar-refractivity contribution >= 4 is 11.0 Å². The Bertz CT molecular complexity index is 28.5. The Morgan fingerprint density at radius 1 is 0.333 bits per heavy atom. The molecule has 1 saturated carbocycles. The summed E-state index contributed by atoms with van der Waals surface area (Å²) in [5, 5.41) is 0. The van der Waals surface area contributed by atoms with Crippen molar-refractivity contribution < 1.29 is 0 Å². The van der Waals surface area contributed by atoms with Gasteiger partial charge in [-0.3, -0.25) is 0 Å². The Labute approximate surface area is 63.1 Å². The van der Waals surface area contributed by atoms with Gasteiger partial charge in [-0.2, -0.15) is 0 Å². The number of hydrogen-bond donors (Lipinski definition) is 0. The lowest BCUT2D eigenvalue weighted by Crippen LogP contribution is -1.85. The molecule has 1 heteroatoms. The molecule has 1 fully saturated rings. The molecule has 0 N–H and O–H groups in total. The van der Waals surface area contributed by atoms with E-state index in [1.807, 2.05) is 0 Å². The van der Waals surface area contributed by atoms with E-state index in [4.69, 9.17) is 0 Å². The molecule has 1 rings (SSSR count). The van der Waals surface area contributed by atoms with E-state index < -0.39 is 0 Å². The minimum atomic E-state index is 0. The summed E-state index contributed by atoms with van der Waals surface area (Å²) in [6, 6.07) is 0. The monoisotopic (exact) mass is 144 g/mol. The van der Waals surface area contributed by atoms with E-state index in [1.54, 1.807) is 0 Å². The first kappa shape index (κ1) is 9.22. The van der Waals surface area contributed by atoms with Gasteiger partial charge in [-0.25, -0.2) is 0 Å². The molecule has 0 aromatic rings. The molecule has 0 aliphatic heterocycles. The first-order valence-electron chi connectivity index (χ1n) is 4.00. The van der Waals surface area contributed by atoms with Gasteiger partial charge in [0.05, 0.1) is 0 Å². The summed E-state index contributed by atoms with van der Waals surface area (Å²) >= 11 is 0. The van der Waals surface area contributed by atoms with Crippen LogP contribution in [0.3, 0.4) is 0 Å². The Morgan fingerprint density at radius 2 is 0.444 bits per heavy atom. The third-order valence-corrected chi connectivity index (χ3v) is 2.00. The summed E-state index contributed by atoms with van der Waals surface area (Å²) in [6.45, 7) is 0. The molecule has 0 nitrogen and oxygen atoms in total. The molecule has 56 valence electrons. The molecule has 0 spiro atoms. The molecule has 1 aliphatic carbocycles. The van der Waals surface area contributed by atoms with Crippen molar-refractivity contribution in [2.24, 2.45) is 0 Å². The van der Waals surface area contributed by atoms with E-state index in [2.05, 4.69) is 0 Å². The van der Waals surface area contributed by atoms with E-state index in [1.165, 1.54) is 51.4 Å². The van der Waals surface area contributed by atoms with Crippen LogP contribution in [-0.4, -0.2) is 11.0 Å². The summed E-state index contributed by atoms with van der Waals surface area (Å²) in [5.74, 6) is 0. The van der Waals surface area contributed by atoms with Gasteiger partial charge in [0, 0.05) is 0 Å². The molecule has 0 heterocycles. The highest BCUT2D eigenvalue weighted by Gasteiger charge is 1.95. The third kappa shape index (κ3) is 4.70. The van der Waals surface area contributed by atoms with E-state index >= 15 is 0 Å². The molecular weight excluding hydrogens is 124 g/mol. The van der Waals surface area contributed by atoms with Crippen molar-refractivity contribution in [1.82, 2.24) is 0 Å². The molecule has 0 aromatic heterocycles. The van der Waals surface area contributed by atoms with Crippen LogP contribution < -0.4 is 0 Å². The van der Waals surface area contributed by atoms with Gasteiger partial charge >= 0.3 is 0 Å². The van der Waals surface area contributed by atoms with Crippen molar-refractivity contribution in [3.8, 4) is 0 Å². The highest BCUT2D eigenvalue weighted by molar-refractivity contribution is 5.75. The molecule has 0 radical (unpaired) electrons. The molecule has 0 unspecified atom stereocenters. The van der Waals surface area contributed by atoms with Crippen molar-refractivity contribution in [1.29, 1.82) is 0 Å². The summed E-state index contributed by atoms with van der Waals surface area (Å²) in [6.07, 6.45) is 12.0. The molecule has 9 heavy (non-hydrogen) atoms. The van der Waals surface area contributed by atoms with Crippen molar-refractivity contribution in [3.63, 3.8) is 0 Å². The predicted octanol–water partition coefficient (Wildman–Crippen LogP) is 1.67. The molecule has 0 bridgehead atoms. The first-order valence-corrected chi connectivity index (χ1v) is 4.00. The number of rotatable bonds is 0. The van der Waals surface area contributed by atoms with Gasteiger partial charge in [-0.05, 0) is 11.0 Å². The lowest BCUT2D eigenvalue weighted by atomic mass is 10.0. The van der Waals surface area contributed by atoms with Crippen LogP contribution in [0, 0.1) is 0 Å². The zero-order valence-electron chi connectivity index (χ0n) is 5.66. The smallest absolute Gasteiger partial charge is 0.0149 e. The van der Waals surface area contributed by atoms with Crippen LogP contribution in [0.5, 0.6) is 0 Å². The van der Waals surface area contributed by atoms with Crippen molar-refractivity contribution in [3.05, 3.63) is 0 Å². The lowest BCUT2D eigenvalue weighted by Gasteiger charge is -2.05. The van der Waals surface area contributed by atoms with E-state index in [0.717, 1.165) is 0 Å². The standard InChI is InChI=1S/C8H16.H4Si/c1-2-4-6-8-7-5-3-1;/h1-8H2;1H4. The van der Waals surface area contributed by atoms with Crippen LogP contribution in [0.1, 0.15) is 51.4 Å². The molecule has 0 atom stereocenters. The fourth-order valence-electron chi connectivity index (χ4n) is 1.41. The Kier molecular flexibility index (Phi) is 6.49. The fourth-order valence-corrected chi connectivity index (χ4v) is 1.41. The van der Waals surface area contributed by atoms with E-state index in [0.29, 0.717) is 0 Å². The van der Waals surface area contributed by atoms with Gasteiger partial charge in [0.1, 0.15) is 0 Å². The zero-order valence-corrected chi connectivity index (χ0v) is 5.66. The molecule has 0 saturated heterocycles. The minimum Gasteiger partial charge on any atom is -0.0533 e. The highest BCUT2D eigenvalue weighted by Crippen LogP contribution is 2.15. The molecule has 0 aromatic carbocycles. The first-order chi connectivity index (χ1) is 4.00. The van der Waals surface area contributed by atoms with E-state index in [9.17, 15) is 0 Å². The SMILES string of the molecule is C1CCCCCCC1.[SiH4]. The average Bonchev–Trinajstić information content (AvgIpc) is 1.62. The molecular formula is C8H20Si. The molecule has 1 aliphatic rings. The van der Waals surface area contributed by atoms with Gasteiger partial charge in [-0.15, -0.1) is 0 Å². The highest BCUT2D eigenvalue weighted by atomic mass is 28.1. The summed E-state index contributed by atoms with van der Waals surface area (Å²) in [5.41, 5.74) is 0. The second-order valence-corrected chi connectivity index (χ2v) is 2.83. The average molecular weight is 144 g/mol.